The lowest BCUT2D eigenvalue weighted by Crippen LogP contribution is -2.50. The van der Waals surface area contributed by atoms with E-state index in [2.05, 4.69) is 11.5 Å². The summed E-state index contributed by atoms with van der Waals surface area (Å²) in [7, 11) is 3.65. The molecule has 8 nitrogen and oxygen atoms in total. The Morgan fingerprint density at radius 3 is 2.58 bits per heavy atom. The van der Waals surface area contributed by atoms with Crippen molar-refractivity contribution in [3.05, 3.63) is 51.9 Å². The fourth-order valence-electron chi connectivity index (χ4n) is 3.83. The maximum absolute atomic E-state index is 12.6. The number of fused-ring (bicyclic) bond motifs is 1. The summed E-state index contributed by atoms with van der Waals surface area (Å²) >= 11 is 0. The number of ether oxygens (including phenoxy) is 1. The van der Waals surface area contributed by atoms with Crippen LogP contribution in [-0.4, -0.2) is 79.9 Å². The predicted octanol–water partition coefficient (Wildman–Crippen LogP) is 2.22. The second-order valence-corrected chi connectivity index (χ2v) is 8.83. The van der Waals surface area contributed by atoms with Crippen LogP contribution < -0.4 is 10.4 Å². The van der Waals surface area contributed by atoms with E-state index >= 15 is 0 Å². The molecule has 2 heterocycles. The number of piperazine rings is 1. The largest absolute Gasteiger partial charge is 0.489 e. The van der Waals surface area contributed by atoms with E-state index in [0.717, 1.165) is 29.6 Å². The van der Waals surface area contributed by atoms with Crippen LogP contribution in [0.25, 0.3) is 11.0 Å². The van der Waals surface area contributed by atoms with Crippen LogP contribution in [0.1, 0.15) is 24.5 Å². The lowest BCUT2D eigenvalue weighted by Gasteiger charge is -2.33. The zero-order chi connectivity index (χ0) is 24.1. The van der Waals surface area contributed by atoms with Crippen molar-refractivity contribution in [2.24, 2.45) is 0 Å². The van der Waals surface area contributed by atoms with E-state index in [1.54, 1.807) is 18.0 Å². The summed E-state index contributed by atoms with van der Waals surface area (Å²) in [4.78, 5) is 43.1. The normalized spacial score (nSPS) is 14.4. The molecule has 0 unspecified atom stereocenters. The van der Waals surface area contributed by atoms with E-state index in [9.17, 15) is 14.4 Å². The van der Waals surface area contributed by atoms with Gasteiger partial charge in [0, 0.05) is 56.7 Å². The van der Waals surface area contributed by atoms with Gasteiger partial charge in [0.1, 0.15) is 17.9 Å². The zero-order valence-electron chi connectivity index (χ0n) is 20.0. The Balaban J connectivity index is 1.63. The molecule has 0 spiro atoms. The fourth-order valence-corrected chi connectivity index (χ4v) is 3.83. The number of aryl methyl sites for hydroxylation is 1. The molecule has 33 heavy (non-hydrogen) atoms. The third-order valence-electron chi connectivity index (χ3n) is 5.99. The molecule has 2 aromatic rings. The number of carbonyl (C=O) groups is 2. The van der Waals surface area contributed by atoms with Gasteiger partial charge in [0.2, 0.25) is 11.8 Å². The molecule has 1 aromatic heterocycles. The van der Waals surface area contributed by atoms with Crippen LogP contribution in [-0.2, 0) is 16.0 Å². The van der Waals surface area contributed by atoms with Crippen LogP contribution in [0.3, 0.4) is 0 Å². The van der Waals surface area contributed by atoms with Gasteiger partial charge in [-0.1, -0.05) is 6.58 Å². The first-order chi connectivity index (χ1) is 15.7. The third-order valence-corrected chi connectivity index (χ3v) is 5.99. The van der Waals surface area contributed by atoms with Gasteiger partial charge in [-0.2, -0.15) is 0 Å². The van der Waals surface area contributed by atoms with Crippen LogP contribution in [0.15, 0.2) is 39.6 Å². The van der Waals surface area contributed by atoms with Crippen LogP contribution in [0.5, 0.6) is 5.75 Å². The zero-order valence-corrected chi connectivity index (χ0v) is 20.0. The number of hydrogen-bond donors (Lipinski definition) is 0. The Labute approximate surface area is 194 Å². The van der Waals surface area contributed by atoms with Gasteiger partial charge in [0.15, 0.2) is 0 Å². The van der Waals surface area contributed by atoms with Gasteiger partial charge in [-0.05, 0) is 50.6 Å². The highest BCUT2D eigenvalue weighted by molar-refractivity contribution is 5.85. The number of carbonyl (C=O) groups excluding carboxylic acids is 2. The molecular formula is C25H33N3O5. The molecule has 0 radical (unpaired) electrons. The molecule has 0 atom stereocenters. The average Bonchev–Trinajstić information content (AvgIpc) is 2.77. The minimum absolute atomic E-state index is 0.0425. The van der Waals surface area contributed by atoms with Crippen LogP contribution in [0.4, 0.5) is 0 Å². The molecule has 1 aliphatic heterocycles. The minimum Gasteiger partial charge on any atom is -0.489 e. The van der Waals surface area contributed by atoms with Crippen molar-refractivity contribution in [3.63, 3.8) is 0 Å². The molecule has 178 valence electrons. The summed E-state index contributed by atoms with van der Waals surface area (Å²) in [5.74, 6) is 0.368. The summed E-state index contributed by atoms with van der Waals surface area (Å²) in [5.41, 5.74) is 2.15. The molecule has 1 aromatic carbocycles. The number of rotatable bonds is 8. The number of hydrogen-bond acceptors (Lipinski definition) is 6. The van der Waals surface area contributed by atoms with E-state index in [0.29, 0.717) is 36.6 Å². The molecule has 0 N–H and O–H groups in total. The molecule has 0 bridgehead atoms. The van der Waals surface area contributed by atoms with Crippen LogP contribution in [0.2, 0.25) is 0 Å². The molecule has 3 rings (SSSR count). The molecule has 1 aliphatic rings. The van der Waals surface area contributed by atoms with Crippen molar-refractivity contribution in [2.75, 3.05) is 53.4 Å². The summed E-state index contributed by atoms with van der Waals surface area (Å²) in [6.07, 6.45) is 0.382. The lowest BCUT2D eigenvalue weighted by molar-refractivity contribution is -0.140. The van der Waals surface area contributed by atoms with Crippen LogP contribution in [0, 0.1) is 6.92 Å². The fraction of sp³-hybridized carbons (Fsp3) is 0.480. The maximum Gasteiger partial charge on any atom is 0.339 e. The highest BCUT2D eigenvalue weighted by Crippen LogP contribution is 2.25. The summed E-state index contributed by atoms with van der Waals surface area (Å²) in [6, 6.07) is 5.37. The first kappa shape index (κ1) is 24.5. The van der Waals surface area contributed by atoms with Crippen molar-refractivity contribution in [3.8, 4) is 5.75 Å². The monoisotopic (exact) mass is 455 g/mol. The van der Waals surface area contributed by atoms with E-state index in [1.165, 1.54) is 4.90 Å². The van der Waals surface area contributed by atoms with Crippen molar-refractivity contribution >= 4 is 22.8 Å². The highest BCUT2D eigenvalue weighted by Gasteiger charge is 2.22. The maximum atomic E-state index is 12.6. The van der Waals surface area contributed by atoms with Crippen molar-refractivity contribution < 1.29 is 18.7 Å². The van der Waals surface area contributed by atoms with Gasteiger partial charge in [-0.3, -0.25) is 9.59 Å². The number of likely N-dealkylation sites (N-methyl/N-ethyl adjacent to an activating group) is 2. The number of benzene rings is 1. The second kappa shape index (κ2) is 10.7. The molecule has 2 amide bonds. The summed E-state index contributed by atoms with van der Waals surface area (Å²) < 4.78 is 11.1. The standard InChI is InChI=1S/C25H33N3O5/c1-17(2)16-32-19-6-7-20-18(3)21(25(31)33-22(20)14-19)8-9-23(29)27(5)15-24(30)28-12-10-26(4)11-13-28/h6-7,14H,1,8-13,15-16H2,2-5H3. The Morgan fingerprint density at radius 2 is 1.91 bits per heavy atom. The molecule has 1 saturated heterocycles. The van der Waals surface area contributed by atoms with E-state index in [4.69, 9.17) is 9.15 Å². The van der Waals surface area contributed by atoms with E-state index in [-0.39, 0.29) is 31.2 Å². The Hall–Kier alpha value is -3.13. The van der Waals surface area contributed by atoms with Gasteiger partial charge in [0.05, 0.1) is 6.54 Å². The first-order valence-electron chi connectivity index (χ1n) is 11.2. The second-order valence-electron chi connectivity index (χ2n) is 8.83. The van der Waals surface area contributed by atoms with Crippen molar-refractivity contribution in [1.29, 1.82) is 0 Å². The molecule has 8 heteroatoms. The number of nitrogens with zero attached hydrogens (tertiary/aromatic N) is 3. The molecular weight excluding hydrogens is 422 g/mol. The molecule has 1 fully saturated rings. The topological polar surface area (TPSA) is 83.3 Å². The smallest absolute Gasteiger partial charge is 0.339 e. The van der Waals surface area contributed by atoms with Gasteiger partial charge < -0.3 is 23.9 Å². The third kappa shape index (κ3) is 6.22. The first-order valence-corrected chi connectivity index (χ1v) is 11.2. The van der Waals surface area contributed by atoms with Gasteiger partial charge >= 0.3 is 5.63 Å². The Bertz CT molecular complexity index is 1100. The quantitative estimate of drug-likeness (QED) is 0.448. The predicted molar refractivity (Wildman–Crippen MR) is 128 cm³/mol. The molecule has 0 aliphatic carbocycles. The SMILES string of the molecule is C=C(C)COc1ccc2c(C)c(CCC(=O)N(C)CC(=O)N3CCN(C)CC3)c(=O)oc2c1. The van der Waals surface area contributed by atoms with E-state index in [1.807, 2.05) is 33.0 Å². The number of amides is 2. The lowest BCUT2D eigenvalue weighted by atomic mass is 10.0. The summed E-state index contributed by atoms with van der Waals surface area (Å²) in [6.45, 7) is 11.0. The highest BCUT2D eigenvalue weighted by atomic mass is 16.5. The van der Waals surface area contributed by atoms with Gasteiger partial charge in [0.25, 0.3) is 0 Å². The Kier molecular flexibility index (Phi) is 7.92. The average molecular weight is 456 g/mol. The Morgan fingerprint density at radius 1 is 1.21 bits per heavy atom. The van der Waals surface area contributed by atoms with Crippen molar-refractivity contribution in [1.82, 2.24) is 14.7 Å². The van der Waals surface area contributed by atoms with Gasteiger partial charge in [-0.15, -0.1) is 0 Å². The van der Waals surface area contributed by atoms with E-state index < -0.39 is 5.63 Å². The van der Waals surface area contributed by atoms with Crippen molar-refractivity contribution in [2.45, 2.75) is 26.7 Å². The summed E-state index contributed by atoms with van der Waals surface area (Å²) in [5, 5.41) is 0.804. The van der Waals surface area contributed by atoms with Crippen LogP contribution >= 0.6 is 0 Å². The molecule has 0 saturated carbocycles. The van der Waals surface area contributed by atoms with Gasteiger partial charge in [-0.25, -0.2) is 4.79 Å². The minimum atomic E-state index is -0.457.